The van der Waals surface area contributed by atoms with E-state index in [-0.39, 0.29) is 0 Å². The Hall–Kier alpha value is -2.27. The van der Waals surface area contributed by atoms with Crippen molar-refractivity contribution >= 4 is 10.8 Å². The lowest BCUT2D eigenvalue weighted by atomic mass is 9.77. The summed E-state index contributed by atoms with van der Waals surface area (Å²) in [5.41, 5.74) is 9.12. The summed E-state index contributed by atoms with van der Waals surface area (Å²) in [6.07, 6.45) is 15.3. The van der Waals surface area contributed by atoms with Gasteiger partial charge in [0.1, 0.15) is 0 Å². The Bertz CT molecular complexity index is 916. The smallest absolute Gasteiger partial charge is 0.0830 e. The van der Waals surface area contributed by atoms with E-state index in [2.05, 4.69) is 28.0 Å². The molecule has 2 aliphatic rings. The zero-order chi connectivity index (χ0) is 17.5. The molecule has 5 heteroatoms. The summed E-state index contributed by atoms with van der Waals surface area (Å²) in [5.74, 6) is 1.42. The highest BCUT2D eigenvalue weighted by Gasteiger charge is 2.35. The summed E-state index contributed by atoms with van der Waals surface area (Å²) >= 11 is 0. The number of fused-ring (bicyclic) bond motifs is 1. The maximum absolute atomic E-state index is 5.65. The maximum atomic E-state index is 5.65. The van der Waals surface area contributed by atoms with E-state index >= 15 is 0 Å². The largest absolute Gasteiger partial charge is 0.330 e. The lowest BCUT2D eigenvalue weighted by Crippen LogP contribution is -2.27. The SMILES string of the molecule is NCCCC1CC(n2cc(-c3nccc4ccncc34)c(C3CC3)n2)C1. The first-order chi connectivity index (χ1) is 12.8. The van der Waals surface area contributed by atoms with Crippen molar-refractivity contribution in [3.8, 4) is 11.3 Å². The van der Waals surface area contributed by atoms with Crippen LogP contribution in [0.1, 0.15) is 56.2 Å². The van der Waals surface area contributed by atoms with E-state index in [0.717, 1.165) is 30.0 Å². The minimum atomic E-state index is 0.539. The summed E-state index contributed by atoms with van der Waals surface area (Å²) in [4.78, 5) is 9.03. The van der Waals surface area contributed by atoms with Gasteiger partial charge in [0.2, 0.25) is 0 Å². The van der Waals surface area contributed by atoms with Gasteiger partial charge in [0.25, 0.3) is 0 Å². The Morgan fingerprint density at radius 1 is 1.15 bits per heavy atom. The van der Waals surface area contributed by atoms with Crippen LogP contribution in [0.25, 0.3) is 22.0 Å². The zero-order valence-electron chi connectivity index (χ0n) is 15.0. The topological polar surface area (TPSA) is 69.6 Å². The molecule has 0 aliphatic heterocycles. The van der Waals surface area contributed by atoms with E-state index in [9.17, 15) is 0 Å². The van der Waals surface area contributed by atoms with Crippen molar-refractivity contribution in [2.75, 3.05) is 6.54 Å². The number of aromatic nitrogens is 4. The third-order valence-electron chi connectivity index (χ3n) is 5.95. The third-order valence-corrected chi connectivity index (χ3v) is 5.95. The Morgan fingerprint density at radius 2 is 2.00 bits per heavy atom. The molecule has 3 aromatic rings. The fourth-order valence-corrected chi connectivity index (χ4v) is 4.22. The van der Waals surface area contributed by atoms with Gasteiger partial charge in [0, 0.05) is 41.7 Å². The number of nitrogens with two attached hydrogens (primary N) is 1. The van der Waals surface area contributed by atoms with Crippen LogP contribution in [0.15, 0.2) is 36.9 Å². The molecule has 5 rings (SSSR count). The molecule has 134 valence electrons. The predicted molar refractivity (Wildman–Crippen MR) is 103 cm³/mol. The molecule has 2 saturated carbocycles. The van der Waals surface area contributed by atoms with Crippen LogP contribution in [0.5, 0.6) is 0 Å². The van der Waals surface area contributed by atoms with Gasteiger partial charge in [-0.05, 0) is 68.5 Å². The minimum absolute atomic E-state index is 0.539. The molecule has 3 aromatic heterocycles. The van der Waals surface area contributed by atoms with Gasteiger partial charge in [0.05, 0.1) is 17.4 Å². The zero-order valence-corrected chi connectivity index (χ0v) is 15.0. The second-order valence-corrected chi connectivity index (χ2v) is 7.86. The summed E-state index contributed by atoms with van der Waals surface area (Å²) in [6.45, 7) is 0.805. The standard InChI is InChI=1S/C21H25N5/c22-7-1-2-14-10-17(11-14)26-13-19(20(25-26)16-3-4-16)21-18-12-23-8-5-15(18)6-9-24-21/h5-6,8-9,12-14,16-17H,1-4,7,10-11,22H2. The van der Waals surface area contributed by atoms with E-state index in [1.165, 1.54) is 48.7 Å². The summed E-state index contributed by atoms with van der Waals surface area (Å²) in [5, 5.41) is 7.33. The molecule has 2 fully saturated rings. The van der Waals surface area contributed by atoms with Crippen LogP contribution in [-0.2, 0) is 0 Å². The van der Waals surface area contributed by atoms with Gasteiger partial charge in [0.15, 0.2) is 0 Å². The first-order valence-electron chi connectivity index (χ1n) is 9.81. The molecule has 2 aliphatic carbocycles. The highest BCUT2D eigenvalue weighted by molar-refractivity contribution is 5.94. The maximum Gasteiger partial charge on any atom is 0.0830 e. The fraction of sp³-hybridized carbons (Fsp3) is 0.476. The number of nitrogens with zero attached hydrogens (tertiary/aromatic N) is 4. The van der Waals surface area contributed by atoms with Crippen molar-refractivity contribution < 1.29 is 0 Å². The molecule has 5 nitrogen and oxygen atoms in total. The average molecular weight is 347 g/mol. The van der Waals surface area contributed by atoms with Gasteiger partial charge in [-0.2, -0.15) is 5.10 Å². The molecular formula is C21H25N5. The van der Waals surface area contributed by atoms with Crippen LogP contribution >= 0.6 is 0 Å². The molecule has 3 heterocycles. The number of pyridine rings is 2. The number of hydrogen-bond acceptors (Lipinski definition) is 4. The van der Waals surface area contributed by atoms with Crippen molar-refractivity contribution in [1.29, 1.82) is 0 Å². The van der Waals surface area contributed by atoms with Crippen molar-refractivity contribution in [2.24, 2.45) is 11.7 Å². The normalized spacial score (nSPS) is 22.5. The molecule has 0 bridgehead atoms. The molecule has 0 aromatic carbocycles. The number of rotatable bonds is 6. The van der Waals surface area contributed by atoms with Crippen LogP contribution in [0.3, 0.4) is 0 Å². The Morgan fingerprint density at radius 3 is 2.81 bits per heavy atom. The molecule has 0 unspecified atom stereocenters. The van der Waals surface area contributed by atoms with Crippen molar-refractivity contribution in [3.05, 3.63) is 42.6 Å². The lowest BCUT2D eigenvalue weighted by Gasteiger charge is -2.35. The molecule has 0 saturated heterocycles. The third kappa shape index (κ3) is 2.80. The van der Waals surface area contributed by atoms with E-state index in [4.69, 9.17) is 15.8 Å². The van der Waals surface area contributed by atoms with Crippen LogP contribution in [0, 0.1) is 5.92 Å². The van der Waals surface area contributed by atoms with Crippen LogP contribution in [0.4, 0.5) is 0 Å². The Balaban J connectivity index is 1.48. The highest BCUT2D eigenvalue weighted by Crippen LogP contribution is 2.46. The monoisotopic (exact) mass is 347 g/mol. The van der Waals surface area contributed by atoms with Crippen molar-refractivity contribution in [1.82, 2.24) is 19.7 Å². The molecular weight excluding hydrogens is 322 g/mol. The molecule has 0 radical (unpaired) electrons. The summed E-state index contributed by atoms with van der Waals surface area (Å²) in [6, 6.07) is 4.64. The van der Waals surface area contributed by atoms with Gasteiger partial charge in [-0.3, -0.25) is 14.6 Å². The van der Waals surface area contributed by atoms with Crippen LogP contribution < -0.4 is 5.73 Å². The van der Waals surface area contributed by atoms with E-state index in [1.54, 1.807) is 0 Å². The quantitative estimate of drug-likeness (QED) is 0.730. The Labute approximate surface area is 153 Å². The predicted octanol–water partition coefficient (Wildman–Crippen LogP) is 4.06. The average Bonchev–Trinajstić information content (AvgIpc) is 3.40. The molecule has 0 amide bonds. The van der Waals surface area contributed by atoms with Crippen LogP contribution in [0.2, 0.25) is 0 Å². The first kappa shape index (κ1) is 15.9. The summed E-state index contributed by atoms with van der Waals surface area (Å²) < 4.78 is 2.22. The second kappa shape index (κ2) is 6.47. The van der Waals surface area contributed by atoms with E-state index in [1.807, 2.05) is 18.6 Å². The van der Waals surface area contributed by atoms with Crippen molar-refractivity contribution in [2.45, 2.75) is 50.5 Å². The number of hydrogen-bond donors (Lipinski definition) is 1. The van der Waals surface area contributed by atoms with Crippen molar-refractivity contribution in [3.63, 3.8) is 0 Å². The lowest BCUT2D eigenvalue weighted by molar-refractivity contribution is 0.171. The highest BCUT2D eigenvalue weighted by atomic mass is 15.3. The van der Waals surface area contributed by atoms with E-state index < -0.39 is 0 Å². The molecule has 26 heavy (non-hydrogen) atoms. The van der Waals surface area contributed by atoms with Gasteiger partial charge < -0.3 is 5.73 Å². The molecule has 0 atom stereocenters. The Kier molecular flexibility index (Phi) is 3.97. The van der Waals surface area contributed by atoms with Gasteiger partial charge in [-0.15, -0.1) is 0 Å². The molecule has 0 spiro atoms. The van der Waals surface area contributed by atoms with Gasteiger partial charge in [-0.1, -0.05) is 0 Å². The molecule has 2 N–H and O–H groups in total. The van der Waals surface area contributed by atoms with Gasteiger partial charge in [-0.25, -0.2) is 0 Å². The minimum Gasteiger partial charge on any atom is -0.330 e. The van der Waals surface area contributed by atoms with E-state index in [0.29, 0.717) is 12.0 Å². The first-order valence-corrected chi connectivity index (χ1v) is 9.81. The fourth-order valence-electron chi connectivity index (χ4n) is 4.22. The van der Waals surface area contributed by atoms with Crippen LogP contribution in [-0.4, -0.2) is 26.3 Å². The van der Waals surface area contributed by atoms with Gasteiger partial charge >= 0.3 is 0 Å². The second-order valence-electron chi connectivity index (χ2n) is 7.86. The summed E-state index contributed by atoms with van der Waals surface area (Å²) in [7, 11) is 0.